The summed E-state index contributed by atoms with van der Waals surface area (Å²) in [6.45, 7) is 0.359. The SMILES string of the molecule is O=C(CCc1ccccc1)Nc1nn(Cc2c(Cl)cccc2Cl)cc1Cl. The Balaban J connectivity index is 1.63. The molecule has 0 spiro atoms. The summed E-state index contributed by atoms with van der Waals surface area (Å²) in [4.78, 5) is 12.2. The van der Waals surface area contributed by atoms with E-state index in [2.05, 4.69) is 10.4 Å². The topological polar surface area (TPSA) is 46.9 Å². The predicted molar refractivity (Wildman–Crippen MR) is 106 cm³/mol. The lowest BCUT2D eigenvalue weighted by atomic mass is 10.1. The van der Waals surface area contributed by atoms with Crippen LogP contribution in [0, 0.1) is 0 Å². The second-order valence-corrected chi connectivity index (χ2v) is 6.98. The molecule has 0 unspecified atom stereocenters. The molecule has 0 radical (unpaired) electrons. The largest absolute Gasteiger partial charge is 0.308 e. The van der Waals surface area contributed by atoms with E-state index >= 15 is 0 Å². The molecular formula is C19H16Cl3N3O. The Morgan fingerprint density at radius 2 is 1.65 bits per heavy atom. The van der Waals surface area contributed by atoms with Gasteiger partial charge in [-0.2, -0.15) is 5.10 Å². The van der Waals surface area contributed by atoms with Crippen molar-refractivity contribution < 1.29 is 4.79 Å². The maximum absolute atomic E-state index is 12.2. The van der Waals surface area contributed by atoms with Gasteiger partial charge in [-0.05, 0) is 24.1 Å². The molecule has 0 saturated carbocycles. The summed E-state index contributed by atoms with van der Waals surface area (Å²) in [6, 6.07) is 15.1. The van der Waals surface area contributed by atoms with Gasteiger partial charge in [0.1, 0.15) is 5.02 Å². The molecule has 134 valence electrons. The monoisotopic (exact) mass is 407 g/mol. The van der Waals surface area contributed by atoms with Gasteiger partial charge in [0.05, 0.1) is 6.54 Å². The van der Waals surface area contributed by atoms with E-state index in [1.54, 1.807) is 29.1 Å². The van der Waals surface area contributed by atoms with E-state index in [0.29, 0.717) is 40.3 Å². The molecule has 0 bridgehead atoms. The van der Waals surface area contributed by atoms with Gasteiger partial charge >= 0.3 is 0 Å². The highest BCUT2D eigenvalue weighted by molar-refractivity contribution is 6.36. The molecule has 1 heterocycles. The molecule has 1 N–H and O–H groups in total. The van der Waals surface area contributed by atoms with Gasteiger partial charge in [-0.3, -0.25) is 9.48 Å². The number of hydrogen-bond acceptors (Lipinski definition) is 2. The van der Waals surface area contributed by atoms with E-state index < -0.39 is 0 Å². The quantitative estimate of drug-likeness (QED) is 0.588. The van der Waals surface area contributed by atoms with Crippen LogP contribution in [0.2, 0.25) is 15.1 Å². The van der Waals surface area contributed by atoms with E-state index in [4.69, 9.17) is 34.8 Å². The van der Waals surface area contributed by atoms with Crippen molar-refractivity contribution in [3.63, 3.8) is 0 Å². The lowest BCUT2D eigenvalue weighted by molar-refractivity contribution is -0.116. The van der Waals surface area contributed by atoms with Crippen LogP contribution in [0.4, 0.5) is 5.82 Å². The van der Waals surface area contributed by atoms with Crippen molar-refractivity contribution in [2.45, 2.75) is 19.4 Å². The Hall–Kier alpha value is -2.01. The number of benzene rings is 2. The van der Waals surface area contributed by atoms with Crippen molar-refractivity contribution in [2.24, 2.45) is 0 Å². The molecule has 0 atom stereocenters. The summed E-state index contributed by atoms with van der Waals surface area (Å²) in [7, 11) is 0. The fraction of sp³-hybridized carbons (Fsp3) is 0.158. The minimum Gasteiger partial charge on any atom is -0.308 e. The highest BCUT2D eigenvalue weighted by Crippen LogP contribution is 2.27. The molecule has 4 nitrogen and oxygen atoms in total. The number of anilines is 1. The molecule has 0 aliphatic rings. The lowest BCUT2D eigenvalue weighted by Crippen LogP contribution is -2.13. The third-order valence-corrected chi connectivity index (χ3v) is 4.83. The van der Waals surface area contributed by atoms with E-state index in [1.807, 2.05) is 30.3 Å². The van der Waals surface area contributed by atoms with Gasteiger partial charge < -0.3 is 5.32 Å². The van der Waals surface area contributed by atoms with E-state index in [-0.39, 0.29) is 5.91 Å². The van der Waals surface area contributed by atoms with Gasteiger partial charge in [-0.1, -0.05) is 71.2 Å². The number of halogens is 3. The normalized spacial score (nSPS) is 10.7. The molecule has 0 fully saturated rings. The van der Waals surface area contributed by atoms with Crippen LogP contribution in [-0.2, 0) is 17.8 Å². The number of aryl methyl sites for hydroxylation is 1. The zero-order chi connectivity index (χ0) is 18.5. The molecular weight excluding hydrogens is 393 g/mol. The first kappa shape index (κ1) is 18.8. The number of amides is 1. The first-order valence-electron chi connectivity index (χ1n) is 8.02. The first-order valence-corrected chi connectivity index (χ1v) is 9.16. The summed E-state index contributed by atoms with van der Waals surface area (Å²) in [5.74, 6) is 0.185. The van der Waals surface area contributed by atoms with Crippen LogP contribution in [0.15, 0.2) is 54.7 Å². The van der Waals surface area contributed by atoms with Gasteiger partial charge in [0, 0.05) is 28.2 Å². The molecule has 0 aliphatic heterocycles. The van der Waals surface area contributed by atoms with Crippen LogP contribution in [-0.4, -0.2) is 15.7 Å². The van der Waals surface area contributed by atoms with E-state index in [0.717, 1.165) is 11.1 Å². The molecule has 1 aromatic heterocycles. The third-order valence-electron chi connectivity index (χ3n) is 3.84. The highest BCUT2D eigenvalue weighted by atomic mass is 35.5. The molecule has 3 rings (SSSR count). The Labute approximate surface area is 166 Å². The van der Waals surface area contributed by atoms with Gasteiger partial charge in [0.15, 0.2) is 5.82 Å². The van der Waals surface area contributed by atoms with E-state index in [9.17, 15) is 4.79 Å². The number of aromatic nitrogens is 2. The van der Waals surface area contributed by atoms with Crippen molar-refractivity contribution >= 4 is 46.5 Å². The molecule has 0 aliphatic carbocycles. The van der Waals surface area contributed by atoms with Gasteiger partial charge in [-0.25, -0.2) is 0 Å². The average molecular weight is 409 g/mol. The number of carbonyl (C=O) groups is 1. The van der Waals surface area contributed by atoms with Crippen molar-refractivity contribution in [1.29, 1.82) is 0 Å². The van der Waals surface area contributed by atoms with Crippen LogP contribution < -0.4 is 5.32 Å². The van der Waals surface area contributed by atoms with Crippen LogP contribution in [0.5, 0.6) is 0 Å². The summed E-state index contributed by atoms with van der Waals surface area (Å²) >= 11 is 18.6. The van der Waals surface area contributed by atoms with Crippen LogP contribution in [0.1, 0.15) is 17.5 Å². The fourth-order valence-electron chi connectivity index (χ4n) is 2.51. The zero-order valence-electron chi connectivity index (χ0n) is 13.8. The Morgan fingerprint density at radius 1 is 0.962 bits per heavy atom. The number of rotatable bonds is 6. The lowest BCUT2D eigenvalue weighted by Gasteiger charge is -2.07. The maximum Gasteiger partial charge on any atom is 0.225 e. The summed E-state index contributed by atoms with van der Waals surface area (Å²) in [5.41, 5.74) is 1.85. The molecule has 7 heteroatoms. The predicted octanol–water partition coefficient (Wildman–Crippen LogP) is 5.46. The average Bonchev–Trinajstić information content (AvgIpc) is 2.97. The maximum atomic E-state index is 12.2. The Kier molecular flexibility index (Phi) is 6.20. The molecule has 1 amide bonds. The van der Waals surface area contributed by atoms with Gasteiger partial charge in [0.25, 0.3) is 0 Å². The Bertz CT molecular complexity index is 889. The molecule has 2 aromatic carbocycles. The second kappa shape index (κ2) is 8.58. The van der Waals surface area contributed by atoms with Gasteiger partial charge in [0.2, 0.25) is 5.91 Å². The standard InChI is InChI=1S/C19H16Cl3N3O/c20-15-7-4-8-16(21)14(15)11-25-12-17(22)19(24-25)23-18(26)10-9-13-5-2-1-3-6-13/h1-8,12H,9-11H2,(H,23,24,26). The second-order valence-electron chi connectivity index (χ2n) is 5.76. The molecule has 0 saturated heterocycles. The minimum atomic E-state index is -0.142. The molecule has 3 aromatic rings. The Morgan fingerprint density at radius 3 is 2.35 bits per heavy atom. The zero-order valence-corrected chi connectivity index (χ0v) is 16.0. The summed E-state index contributed by atoms with van der Waals surface area (Å²) in [6.07, 6.45) is 2.64. The van der Waals surface area contributed by atoms with Crippen molar-refractivity contribution in [3.05, 3.63) is 80.9 Å². The van der Waals surface area contributed by atoms with Crippen molar-refractivity contribution in [3.8, 4) is 0 Å². The molecule has 26 heavy (non-hydrogen) atoms. The number of carbonyl (C=O) groups excluding carboxylic acids is 1. The minimum absolute atomic E-state index is 0.142. The summed E-state index contributed by atoms with van der Waals surface area (Å²) < 4.78 is 1.60. The number of nitrogens with zero attached hydrogens (tertiary/aromatic N) is 2. The van der Waals surface area contributed by atoms with Crippen LogP contribution in [0.25, 0.3) is 0 Å². The summed E-state index contributed by atoms with van der Waals surface area (Å²) in [5, 5.41) is 8.53. The van der Waals surface area contributed by atoms with Gasteiger partial charge in [-0.15, -0.1) is 0 Å². The van der Waals surface area contributed by atoms with E-state index in [1.165, 1.54) is 0 Å². The van der Waals surface area contributed by atoms with Crippen LogP contribution in [0.3, 0.4) is 0 Å². The highest BCUT2D eigenvalue weighted by Gasteiger charge is 2.13. The first-order chi connectivity index (χ1) is 12.5. The third kappa shape index (κ3) is 4.79. The number of hydrogen-bond donors (Lipinski definition) is 1. The van der Waals surface area contributed by atoms with Crippen molar-refractivity contribution in [1.82, 2.24) is 9.78 Å². The fourth-order valence-corrected chi connectivity index (χ4v) is 3.22. The van der Waals surface area contributed by atoms with Crippen LogP contribution >= 0.6 is 34.8 Å². The number of nitrogens with one attached hydrogen (secondary N) is 1. The smallest absolute Gasteiger partial charge is 0.225 e. The van der Waals surface area contributed by atoms with Crippen molar-refractivity contribution in [2.75, 3.05) is 5.32 Å².